The number of methoxy groups -OCH3 is 1. The number of carbonyl (C=O) groups is 1. The first kappa shape index (κ1) is 23.2. The van der Waals surface area contributed by atoms with Crippen LogP contribution in [0.25, 0.3) is 11.1 Å². The minimum atomic E-state index is -4.08. The molecule has 3 aromatic rings. The Morgan fingerprint density at radius 2 is 1.76 bits per heavy atom. The molecule has 2 atom stereocenters. The summed E-state index contributed by atoms with van der Waals surface area (Å²) in [4.78, 5) is 12.4. The van der Waals surface area contributed by atoms with Crippen LogP contribution in [0.3, 0.4) is 0 Å². The SMILES string of the molecule is COC(=O)C1CC(Oc2ccccc2F)CN1S(=O)(=O)c1cccc(-c2ccc(Cl)cc2)c1. The molecule has 0 N–H and O–H groups in total. The molecule has 1 saturated heterocycles. The molecule has 1 aliphatic heterocycles. The molecule has 0 bridgehead atoms. The normalized spacial score (nSPS) is 18.8. The van der Waals surface area contributed by atoms with Crippen molar-refractivity contribution >= 4 is 27.6 Å². The van der Waals surface area contributed by atoms with Gasteiger partial charge in [-0.15, -0.1) is 0 Å². The van der Waals surface area contributed by atoms with Crippen molar-refractivity contribution in [3.05, 3.63) is 83.6 Å². The lowest BCUT2D eigenvalue weighted by atomic mass is 10.1. The molecule has 3 aromatic carbocycles. The van der Waals surface area contributed by atoms with Crippen molar-refractivity contribution < 1.29 is 27.1 Å². The fourth-order valence-corrected chi connectivity index (χ4v) is 5.60. The molecule has 4 rings (SSSR count). The molecule has 0 spiro atoms. The Morgan fingerprint density at radius 1 is 1.03 bits per heavy atom. The van der Waals surface area contributed by atoms with Gasteiger partial charge < -0.3 is 9.47 Å². The van der Waals surface area contributed by atoms with Gasteiger partial charge in [0.1, 0.15) is 12.1 Å². The molecule has 1 aliphatic rings. The monoisotopic (exact) mass is 489 g/mol. The van der Waals surface area contributed by atoms with E-state index in [9.17, 15) is 17.6 Å². The van der Waals surface area contributed by atoms with Gasteiger partial charge in [-0.05, 0) is 47.5 Å². The molecule has 0 radical (unpaired) electrons. The van der Waals surface area contributed by atoms with E-state index in [4.69, 9.17) is 21.1 Å². The maximum Gasteiger partial charge on any atom is 0.324 e. The van der Waals surface area contributed by atoms with Crippen LogP contribution >= 0.6 is 11.6 Å². The molecule has 172 valence electrons. The number of benzene rings is 3. The number of hydrogen-bond acceptors (Lipinski definition) is 5. The predicted molar refractivity (Wildman–Crippen MR) is 122 cm³/mol. The van der Waals surface area contributed by atoms with Crippen LogP contribution < -0.4 is 4.74 Å². The molecule has 2 unspecified atom stereocenters. The Kier molecular flexibility index (Phi) is 6.69. The number of para-hydroxylation sites is 1. The molecule has 9 heteroatoms. The minimum absolute atomic E-state index is 0.00454. The molecule has 0 saturated carbocycles. The van der Waals surface area contributed by atoms with Gasteiger partial charge >= 0.3 is 5.97 Å². The van der Waals surface area contributed by atoms with E-state index in [-0.39, 0.29) is 23.6 Å². The summed E-state index contributed by atoms with van der Waals surface area (Å²) in [5.41, 5.74) is 1.48. The van der Waals surface area contributed by atoms with Crippen molar-refractivity contribution in [2.45, 2.75) is 23.5 Å². The molecular formula is C24H21ClFNO5S. The fraction of sp³-hybridized carbons (Fsp3) is 0.208. The molecule has 6 nitrogen and oxygen atoms in total. The fourth-order valence-electron chi connectivity index (χ4n) is 3.80. The van der Waals surface area contributed by atoms with Gasteiger partial charge in [0.15, 0.2) is 11.6 Å². The maximum atomic E-state index is 14.0. The first-order valence-electron chi connectivity index (χ1n) is 10.2. The predicted octanol–water partition coefficient (Wildman–Crippen LogP) is 4.53. The summed E-state index contributed by atoms with van der Waals surface area (Å²) in [5, 5.41) is 0.571. The molecule has 0 aliphatic carbocycles. The summed E-state index contributed by atoms with van der Waals surface area (Å²) in [6, 6.07) is 18.2. The van der Waals surface area contributed by atoms with Gasteiger partial charge in [-0.25, -0.2) is 12.8 Å². The topological polar surface area (TPSA) is 72.9 Å². The quantitative estimate of drug-likeness (QED) is 0.476. The van der Waals surface area contributed by atoms with Crippen molar-refractivity contribution in [3.8, 4) is 16.9 Å². The second-order valence-corrected chi connectivity index (χ2v) is 9.88. The maximum absolute atomic E-state index is 14.0. The standard InChI is InChI=1S/C24H21ClFNO5S/c1-31-24(28)22-14-19(32-23-8-3-2-7-21(23)26)15-27(22)33(29,30)20-6-4-5-17(13-20)16-9-11-18(25)12-10-16/h2-13,19,22H,14-15H2,1H3. The summed E-state index contributed by atoms with van der Waals surface area (Å²) < 4.78 is 52.7. The van der Waals surface area contributed by atoms with Gasteiger partial charge in [0.25, 0.3) is 0 Å². The highest BCUT2D eigenvalue weighted by molar-refractivity contribution is 7.89. The Labute approximate surface area is 196 Å². The van der Waals surface area contributed by atoms with Crippen LogP contribution in [0, 0.1) is 5.82 Å². The number of hydrogen-bond donors (Lipinski definition) is 0. The number of esters is 1. The van der Waals surface area contributed by atoms with Crippen molar-refractivity contribution in [1.29, 1.82) is 0 Å². The number of carbonyl (C=O) groups excluding carboxylic acids is 1. The minimum Gasteiger partial charge on any atom is -0.486 e. The zero-order valence-corrected chi connectivity index (χ0v) is 19.2. The number of ether oxygens (including phenoxy) is 2. The van der Waals surface area contributed by atoms with E-state index in [1.807, 2.05) is 0 Å². The van der Waals surface area contributed by atoms with Crippen LogP contribution in [0.4, 0.5) is 4.39 Å². The summed E-state index contributed by atoms with van der Waals surface area (Å²) in [6.07, 6.45) is -0.683. The van der Waals surface area contributed by atoms with E-state index in [0.717, 1.165) is 9.87 Å². The molecule has 1 heterocycles. The summed E-state index contributed by atoms with van der Waals surface area (Å²) in [6.45, 7) is -0.123. The average Bonchev–Trinajstić information content (AvgIpc) is 3.25. The van der Waals surface area contributed by atoms with Crippen molar-refractivity contribution in [1.82, 2.24) is 4.31 Å². The third-order valence-electron chi connectivity index (χ3n) is 5.44. The number of rotatable bonds is 6. The van der Waals surface area contributed by atoms with Crippen LogP contribution in [-0.2, 0) is 19.6 Å². The largest absolute Gasteiger partial charge is 0.486 e. The Balaban J connectivity index is 1.65. The Morgan fingerprint density at radius 3 is 2.45 bits per heavy atom. The zero-order valence-electron chi connectivity index (χ0n) is 17.6. The van der Waals surface area contributed by atoms with E-state index in [0.29, 0.717) is 10.6 Å². The molecular weight excluding hydrogens is 469 g/mol. The third-order valence-corrected chi connectivity index (χ3v) is 7.56. The van der Waals surface area contributed by atoms with E-state index in [2.05, 4.69) is 0 Å². The second kappa shape index (κ2) is 9.51. The van der Waals surface area contributed by atoms with E-state index in [1.54, 1.807) is 42.5 Å². The first-order chi connectivity index (χ1) is 15.8. The highest BCUT2D eigenvalue weighted by Crippen LogP contribution is 2.32. The van der Waals surface area contributed by atoms with Crippen LogP contribution in [0.2, 0.25) is 5.02 Å². The number of nitrogens with zero attached hydrogens (tertiary/aromatic N) is 1. The lowest BCUT2D eigenvalue weighted by Crippen LogP contribution is -2.41. The van der Waals surface area contributed by atoms with Crippen LogP contribution in [-0.4, -0.2) is 44.5 Å². The van der Waals surface area contributed by atoms with Gasteiger partial charge in [-0.3, -0.25) is 4.79 Å². The van der Waals surface area contributed by atoms with Crippen molar-refractivity contribution in [2.75, 3.05) is 13.7 Å². The molecule has 33 heavy (non-hydrogen) atoms. The third kappa shape index (κ3) is 4.88. The van der Waals surface area contributed by atoms with Gasteiger partial charge in [0.05, 0.1) is 18.6 Å². The van der Waals surface area contributed by atoms with Crippen LogP contribution in [0.1, 0.15) is 6.42 Å². The smallest absolute Gasteiger partial charge is 0.324 e. The highest BCUT2D eigenvalue weighted by Gasteiger charge is 2.45. The zero-order chi connectivity index (χ0) is 23.6. The molecule has 0 amide bonds. The van der Waals surface area contributed by atoms with Gasteiger partial charge in [0.2, 0.25) is 10.0 Å². The number of halogens is 2. The lowest BCUT2D eigenvalue weighted by molar-refractivity contribution is -0.144. The lowest BCUT2D eigenvalue weighted by Gasteiger charge is -2.22. The van der Waals surface area contributed by atoms with Crippen molar-refractivity contribution in [3.63, 3.8) is 0 Å². The highest BCUT2D eigenvalue weighted by atomic mass is 35.5. The van der Waals surface area contributed by atoms with E-state index < -0.39 is 34.0 Å². The average molecular weight is 490 g/mol. The second-order valence-electron chi connectivity index (χ2n) is 7.55. The van der Waals surface area contributed by atoms with E-state index in [1.165, 1.54) is 37.4 Å². The van der Waals surface area contributed by atoms with Crippen molar-refractivity contribution in [2.24, 2.45) is 0 Å². The van der Waals surface area contributed by atoms with E-state index >= 15 is 0 Å². The molecule has 1 fully saturated rings. The summed E-state index contributed by atoms with van der Waals surface area (Å²) >= 11 is 5.95. The summed E-state index contributed by atoms with van der Waals surface area (Å²) in [5.74, 6) is -1.27. The molecule has 0 aromatic heterocycles. The Bertz CT molecular complexity index is 1270. The van der Waals surface area contributed by atoms with Gasteiger partial charge in [-0.1, -0.05) is 48.0 Å². The number of sulfonamides is 1. The summed E-state index contributed by atoms with van der Waals surface area (Å²) in [7, 11) is -2.89. The van der Waals surface area contributed by atoms with Gasteiger partial charge in [-0.2, -0.15) is 4.31 Å². The van der Waals surface area contributed by atoms with Gasteiger partial charge in [0, 0.05) is 11.4 Å². The first-order valence-corrected chi connectivity index (χ1v) is 12.0. The van der Waals surface area contributed by atoms with Crippen LogP contribution in [0.15, 0.2) is 77.7 Å². The van der Waals surface area contributed by atoms with Crippen LogP contribution in [0.5, 0.6) is 5.75 Å². The Hall–Kier alpha value is -2.94.